The molecule has 0 saturated carbocycles. The molecular weight excluding hydrogens is 245 g/mol. The van der Waals surface area contributed by atoms with Gasteiger partial charge in [-0.25, -0.2) is 4.39 Å². The minimum Gasteiger partial charge on any atom is -0.309 e. The van der Waals surface area contributed by atoms with Gasteiger partial charge >= 0.3 is 0 Å². The Bertz CT molecular complexity index is 388. The zero-order valence-corrected chi connectivity index (χ0v) is 12.0. The van der Waals surface area contributed by atoms with Gasteiger partial charge in [0.05, 0.1) is 0 Å². The molecule has 1 aliphatic heterocycles. The van der Waals surface area contributed by atoms with Crippen LogP contribution in [0.5, 0.6) is 0 Å². The van der Waals surface area contributed by atoms with Crippen molar-refractivity contribution in [1.29, 1.82) is 0 Å². The third-order valence-corrected chi connectivity index (χ3v) is 4.96. The molecule has 2 unspecified atom stereocenters. The van der Waals surface area contributed by atoms with Gasteiger partial charge in [0.25, 0.3) is 0 Å². The summed E-state index contributed by atoms with van der Waals surface area (Å²) in [5.41, 5.74) is 1.98. The summed E-state index contributed by atoms with van der Waals surface area (Å²) in [6.07, 6.45) is 3.76. The highest BCUT2D eigenvalue weighted by Gasteiger charge is 2.26. The quantitative estimate of drug-likeness (QED) is 0.882. The van der Waals surface area contributed by atoms with Crippen LogP contribution in [0.3, 0.4) is 0 Å². The number of rotatable bonds is 4. The summed E-state index contributed by atoms with van der Waals surface area (Å²) in [5.74, 6) is 1.14. The number of hydrogen-bond donors (Lipinski definition) is 1. The fourth-order valence-electron chi connectivity index (χ4n) is 2.59. The molecule has 1 aliphatic rings. The summed E-state index contributed by atoms with van der Waals surface area (Å²) in [6.45, 7) is 5.00. The fraction of sp³-hybridized carbons (Fsp3) is 0.600. The predicted octanol–water partition coefficient (Wildman–Crippen LogP) is 4.07. The van der Waals surface area contributed by atoms with Crippen molar-refractivity contribution in [3.8, 4) is 0 Å². The van der Waals surface area contributed by atoms with Gasteiger partial charge in [0.2, 0.25) is 0 Å². The van der Waals surface area contributed by atoms with Gasteiger partial charge in [-0.1, -0.05) is 31.0 Å². The highest BCUT2D eigenvalue weighted by Crippen LogP contribution is 2.35. The van der Waals surface area contributed by atoms with Crippen molar-refractivity contribution in [3.63, 3.8) is 0 Å². The molecule has 0 aliphatic carbocycles. The average molecular weight is 267 g/mol. The number of thioether (sulfide) groups is 1. The molecule has 3 heteroatoms. The molecule has 0 aromatic heterocycles. The first-order valence-electron chi connectivity index (χ1n) is 6.83. The largest absolute Gasteiger partial charge is 0.309 e. The SMILES string of the molecule is CCNC(c1cc(C)ccc1F)C1CCCCS1. The Kier molecular flexibility index (Phi) is 5.07. The van der Waals surface area contributed by atoms with Gasteiger partial charge < -0.3 is 5.32 Å². The summed E-state index contributed by atoms with van der Waals surface area (Å²) in [6, 6.07) is 5.59. The standard InChI is InChI=1S/C15H22FNS/c1-3-17-15(14-6-4-5-9-18-14)12-10-11(2)7-8-13(12)16/h7-8,10,14-15,17H,3-6,9H2,1-2H3. The maximum atomic E-state index is 14.0. The molecule has 1 aromatic carbocycles. The zero-order valence-electron chi connectivity index (χ0n) is 11.2. The number of aryl methyl sites for hydroxylation is 1. The summed E-state index contributed by atoms with van der Waals surface area (Å²) >= 11 is 1.99. The first-order valence-corrected chi connectivity index (χ1v) is 7.88. The van der Waals surface area contributed by atoms with Gasteiger partial charge in [-0.2, -0.15) is 11.8 Å². The van der Waals surface area contributed by atoms with Crippen molar-refractivity contribution in [2.75, 3.05) is 12.3 Å². The van der Waals surface area contributed by atoms with Crippen LogP contribution in [0, 0.1) is 12.7 Å². The van der Waals surface area contributed by atoms with Crippen LogP contribution in [-0.2, 0) is 0 Å². The highest BCUT2D eigenvalue weighted by molar-refractivity contribution is 8.00. The summed E-state index contributed by atoms with van der Waals surface area (Å²) in [5, 5.41) is 3.99. The third-order valence-electron chi connectivity index (χ3n) is 3.50. The van der Waals surface area contributed by atoms with E-state index in [4.69, 9.17) is 0 Å². The first kappa shape index (κ1) is 13.9. The van der Waals surface area contributed by atoms with Crippen LogP contribution in [0.1, 0.15) is 43.4 Å². The molecule has 0 radical (unpaired) electrons. The van der Waals surface area contributed by atoms with Crippen LogP contribution in [-0.4, -0.2) is 17.5 Å². The molecule has 0 amide bonds. The molecule has 1 fully saturated rings. The molecule has 0 spiro atoms. The minimum absolute atomic E-state index is 0.0716. The maximum absolute atomic E-state index is 14.0. The Morgan fingerprint density at radius 1 is 1.44 bits per heavy atom. The minimum atomic E-state index is -0.0716. The van der Waals surface area contributed by atoms with Gasteiger partial charge in [-0.15, -0.1) is 0 Å². The lowest BCUT2D eigenvalue weighted by Gasteiger charge is -2.31. The van der Waals surface area contributed by atoms with E-state index in [1.807, 2.05) is 30.8 Å². The molecule has 2 atom stereocenters. The van der Waals surface area contributed by atoms with E-state index < -0.39 is 0 Å². The normalized spacial score (nSPS) is 21.8. The lowest BCUT2D eigenvalue weighted by atomic mass is 9.97. The molecular formula is C15H22FNS. The van der Waals surface area contributed by atoms with E-state index in [0.29, 0.717) is 5.25 Å². The van der Waals surface area contributed by atoms with Gasteiger partial charge in [-0.3, -0.25) is 0 Å². The van der Waals surface area contributed by atoms with Crippen LogP contribution in [0.2, 0.25) is 0 Å². The van der Waals surface area contributed by atoms with Crippen LogP contribution in [0.4, 0.5) is 4.39 Å². The molecule has 2 rings (SSSR count). The Labute approximate surface area is 114 Å². The average Bonchev–Trinajstić information content (AvgIpc) is 2.40. The van der Waals surface area contributed by atoms with Gasteiger partial charge in [-0.05, 0) is 38.1 Å². The molecule has 18 heavy (non-hydrogen) atoms. The molecule has 0 bridgehead atoms. The topological polar surface area (TPSA) is 12.0 Å². The highest BCUT2D eigenvalue weighted by atomic mass is 32.2. The van der Waals surface area contributed by atoms with Gasteiger partial charge in [0.15, 0.2) is 0 Å². The summed E-state index contributed by atoms with van der Waals surface area (Å²) in [7, 11) is 0. The van der Waals surface area contributed by atoms with Gasteiger partial charge in [0, 0.05) is 16.9 Å². The number of nitrogens with one attached hydrogen (secondary N) is 1. The van der Waals surface area contributed by atoms with Crippen LogP contribution >= 0.6 is 11.8 Å². The van der Waals surface area contributed by atoms with E-state index in [1.165, 1.54) is 25.0 Å². The van der Waals surface area contributed by atoms with E-state index in [1.54, 1.807) is 6.07 Å². The van der Waals surface area contributed by atoms with Crippen molar-refractivity contribution in [1.82, 2.24) is 5.32 Å². The second-order valence-electron chi connectivity index (χ2n) is 4.97. The van der Waals surface area contributed by atoms with E-state index >= 15 is 0 Å². The smallest absolute Gasteiger partial charge is 0.128 e. The number of hydrogen-bond acceptors (Lipinski definition) is 2. The fourth-order valence-corrected chi connectivity index (χ4v) is 4.03. The van der Waals surface area contributed by atoms with E-state index in [2.05, 4.69) is 12.2 Å². The van der Waals surface area contributed by atoms with Crippen molar-refractivity contribution in [2.24, 2.45) is 0 Å². The summed E-state index contributed by atoms with van der Waals surface area (Å²) < 4.78 is 14.0. The predicted molar refractivity (Wildman–Crippen MR) is 77.7 cm³/mol. The van der Waals surface area contributed by atoms with Crippen molar-refractivity contribution in [3.05, 3.63) is 35.1 Å². The Balaban J connectivity index is 2.24. The second-order valence-corrected chi connectivity index (χ2v) is 6.31. The number of benzene rings is 1. The molecule has 1 heterocycles. The Morgan fingerprint density at radius 3 is 2.94 bits per heavy atom. The summed E-state index contributed by atoms with van der Waals surface area (Å²) in [4.78, 5) is 0. The van der Waals surface area contributed by atoms with E-state index in [-0.39, 0.29) is 11.9 Å². The molecule has 1 nitrogen and oxygen atoms in total. The van der Waals surface area contributed by atoms with Crippen LogP contribution in [0.15, 0.2) is 18.2 Å². The van der Waals surface area contributed by atoms with Gasteiger partial charge in [0.1, 0.15) is 5.82 Å². The van der Waals surface area contributed by atoms with E-state index in [9.17, 15) is 4.39 Å². The lowest BCUT2D eigenvalue weighted by Crippen LogP contribution is -2.32. The Hall–Kier alpha value is -0.540. The molecule has 1 N–H and O–H groups in total. The Morgan fingerprint density at radius 2 is 2.28 bits per heavy atom. The first-order chi connectivity index (χ1) is 8.72. The second kappa shape index (κ2) is 6.58. The van der Waals surface area contributed by atoms with Crippen LogP contribution < -0.4 is 5.32 Å². The lowest BCUT2D eigenvalue weighted by molar-refractivity contribution is 0.468. The monoisotopic (exact) mass is 267 g/mol. The molecule has 1 saturated heterocycles. The third kappa shape index (κ3) is 3.27. The number of halogens is 1. The van der Waals surface area contributed by atoms with Crippen molar-refractivity contribution < 1.29 is 4.39 Å². The van der Waals surface area contributed by atoms with Crippen molar-refractivity contribution >= 4 is 11.8 Å². The maximum Gasteiger partial charge on any atom is 0.128 e. The zero-order chi connectivity index (χ0) is 13.0. The molecule has 100 valence electrons. The van der Waals surface area contributed by atoms with Crippen molar-refractivity contribution in [2.45, 2.75) is 44.4 Å². The molecule has 1 aromatic rings. The van der Waals surface area contributed by atoms with Crippen LogP contribution in [0.25, 0.3) is 0 Å². The van der Waals surface area contributed by atoms with E-state index in [0.717, 1.165) is 17.7 Å².